The Morgan fingerprint density at radius 1 is 1.03 bits per heavy atom. The number of benzene rings is 1. The first kappa shape index (κ1) is 21.5. The van der Waals surface area contributed by atoms with Crippen molar-refractivity contribution in [2.45, 2.75) is 31.2 Å². The van der Waals surface area contributed by atoms with Crippen molar-refractivity contribution in [3.8, 4) is 10.6 Å². The molecular weight excluding hydrogens is 442 g/mol. The van der Waals surface area contributed by atoms with Crippen LogP contribution in [-0.2, 0) is 9.47 Å². The van der Waals surface area contributed by atoms with E-state index in [0.29, 0.717) is 30.4 Å². The number of hydrogen-bond donors (Lipinski definition) is 3. The van der Waals surface area contributed by atoms with Gasteiger partial charge in [-0.15, -0.1) is 11.3 Å². The molecule has 4 atom stereocenters. The molecule has 4 heterocycles. The molecule has 2 aliphatic heterocycles. The standard InChI is InChI=1S/C23H23N5O4S/c1-13(29)14-4-6-15(7-5-14)25-23(30)28-18-12-32-20-17(11-31-21(18)20)27-22-24-9-8-16(26-22)19-3-2-10-33-19/h2-10,17-18,20-21H,11-12H2,1H3,(H,24,26,27)(H2,25,28,30)/t17-,18+,20-,21+/m0/s1. The van der Waals surface area contributed by atoms with Crippen molar-refractivity contribution in [1.29, 1.82) is 0 Å². The van der Waals surface area contributed by atoms with Gasteiger partial charge >= 0.3 is 6.03 Å². The first-order chi connectivity index (χ1) is 16.1. The lowest BCUT2D eigenvalue weighted by molar-refractivity contribution is 0.0683. The van der Waals surface area contributed by atoms with E-state index in [0.717, 1.165) is 10.6 Å². The Bertz CT molecular complexity index is 1140. The van der Waals surface area contributed by atoms with Crippen molar-refractivity contribution in [1.82, 2.24) is 15.3 Å². The van der Waals surface area contributed by atoms with Crippen LogP contribution in [0.5, 0.6) is 0 Å². The number of hydrogen-bond acceptors (Lipinski definition) is 8. The molecule has 2 fully saturated rings. The van der Waals surface area contributed by atoms with E-state index in [1.54, 1.807) is 41.8 Å². The second-order valence-corrected chi connectivity index (χ2v) is 8.88. The molecule has 3 N–H and O–H groups in total. The average Bonchev–Trinajstić information content (AvgIpc) is 3.55. The van der Waals surface area contributed by atoms with Gasteiger partial charge in [0.25, 0.3) is 0 Å². The number of urea groups is 1. The Kier molecular flexibility index (Phi) is 6.03. The summed E-state index contributed by atoms with van der Waals surface area (Å²) < 4.78 is 11.9. The topological polar surface area (TPSA) is 114 Å². The van der Waals surface area contributed by atoms with E-state index in [9.17, 15) is 9.59 Å². The number of carbonyl (C=O) groups excluding carboxylic acids is 2. The van der Waals surface area contributed by atoms with Gasteiger partial charge in [0.05, 0.1) is 35.9 Å². The van der Waals surface area contributed by atoms with Crippen molar-refractivity contribution < 1.29 is 19.1 Å². The van der Waals surface area contributed by atoms with Crippen molar-refractivity contribution in [2.24, 2.45) is 0 Å². The lowest BCUT2D eigenvalue weighted by Gasteiger charge is -2.18. The van der Waals surface area contributed by atoms with Crippen molar-refractivity contribution in [3.63, 3.8) is 0 Å². The van der Waals surface area contributed by atoms with Gasteiger partial charge in [-0.05, 0) is 48.7 Å². The third-order valence-corrected chi connectivity index (χ3v) is 6.56. The third-order valence-electron chi connectivity index (χ3n) is 5.66. The smallest absolute Gasteiger partial charge is 0.319 e. The van der Waals surface area contributed by atoms with Crippen LogP contribution in [-0.4, -0.2) is 59.3 Å². The normalized spacial score (nSPS) is 23.7. The molecule has 9 nitrogen and oxygen atoms in total. The monoisotopic (exact) mass is 465 g/mol. The van der Waals surface area contributed by atoms with Crippen LogP contribution >= 0.6 is 11.3 Å². The van der Waals surface area contributed by atoms with Crippen LogP contribution in [0.4, 0.5) is 16.4 Å². The molecule has 170 valence electrons. The van der Waals surface area contributed by atoms with Gasteiger partial charge in [-0.25, -0.2) is 14.8 Å². The molecule has 0 aliphatic carbocycles. The number of carbonyl (C=O) groups is 2. The fourth-order valence-corrected chi connectivity index (χ4v) is 4.72. The summed E-state index contributed by atoms with van der Waals surface area (Å²) in [6, 6.07) is 11.9. The number of nitrogens with zero attached hydrogens (tertiary/aromatic N) is 2. The molecule has 5 rings (SSSR count). The summed E-state index contributed by atoms with van der Waals surface area (Å²) in [5, 5.41) is 11.0. The van der Waals surface area contributed by atoms with Gasteiger partial charge in [0.15, 0.2) is 5.78 Å². The zero-order valence-corrected chi connectivity index (χ0v) is 18.7. The maximum Gasteiger partial charge on any atom is 0.319 e. The van der Waals surface area contributed by atoms with Crippen LogP contribution in [0.2, 0.25) is 0 Å². The highest BCUT2D eigenvalue weighted by atomic mass is 32.1. The summed E-state index contributed by atoms with van der Waals surface area (Å²) in [7, 11) is 0. The highest BCUT2D eigenvalue weighted by molar-refractivity contribution is 7.13. The van der Waals surface area contributed by atoms with Crippen LogP contribution in [0.3, 0.4) is 0 Å². The molecule has 0 saturated carbocycles. The van der Waals surface area contributed by atoms with Gasteiger partial charge in [0.2, 0.25) is 5.95 Å². The highest BCUT2D eigenvalue weighted by Crippen LogP contribution is 2.29. The van der Waals surface area contributed by atoms with E-state index in [2.05, 4.69) is 25.9 Å². The largest absolute Gasteiger partial charge is 0.371 e. The fourth-order valence-electron chi connectivity index (χ4n) is 4.03. The zero-order chi connectivity index (χ0) is 22.8. The predicted octanol–water partition coefficient (Wildman–Crippen LogP) is 3.18. The molecule has 0 bridgehead atoms. The SMILES string of the molecule is CC(=O)c1ccc(NC(=O)N[C@@H]2CO[C@@H]3[C@@H]2OC[C@@H]3Nc2nccc(-c3cccs3)n2)cc1. The van der Waals surface area contributed by atoms with Gasteiger partial charge in [0.1, 0.15) is 12.2 Å². The minimum atomic E-state index is -0.355. The number of thiophene rings is 1. The van der Waals surface area contributed by atoms with Crippen LogP contribution in [0.15, 0.2) is 54.0 Å². The number of ketones is 1. The van der Waals surface area contributed by atoms with Crippen molar-refractivity contribution in [2.75, 3.05) is 23.8 Å². The van der Waals surface area contributed by atoms with Crippen LogP contribution < -0.4 is 16.0 Å². The van der Waals surface area contributed by atoms with Crippen LogP contribution in [0.1, 0.15) is 17.3 Å². The first-order valence-corrected chi connectivity index (χ1v) is 11.5. The second kappa shape index (κ2) is 9.26. The first-order valence-electron chi connectivity index (χ1n) is 10.6. The number of fused-ring (bicyclic) bond motifs is 1. The summed E-state index contributed by atoms with van der Waals surface area (Å²) in [5.41, 5.74) is 2.05. The number of amides is 2. The van der Waals surface area contributed by atoms with E-state index >= 15 is 0 Å². The maximum absolute atomic E-state index is 12.5. The molecule has 2 amide bonds. The minimum absolute atomic E-state index is 0.0228. The summed E-state index contributed by atoms with van der Waals surface area (Å²) in [5.74, 6) is 0.493. The van der Waals surface area contributed by atoms with Gasteiger partial charge in [0, 0.05) is 17.4 Å². The molecule has 0 radical (unpaired) electrons. The Hall–Kier alpha value is -3.34. The number of ether oxygens (including phenoxy) is 2. The molecule has 1 aromatic carbocycles. The van der Waals surface area contributed by atoms with E-state index in [1.165, 1.54) is 6.92 Å². The summed E-state index contributed by atoms with van der Waals surface area (Å²) >= 11 is 1.62. The molecule has 3 aromatic rings. The Labute approximate surface area is 194 Å². The number of aromatic nitrogens is 2. The van der Waals surface area contributed by atoms with Gasteiger partial charge in [-0.3, -0.25) is 4.79 Å². The summed E-state index contributed by atoms with van der Waals surface area (Å²) in [4.78, 5) is 33.9. The zero-order valence-electron chi connectivity index (χ0n) is 17.9. The van der Waals surface area contributed by atoms with E-state index in [-0.39, 0.29) is 36.1 Å². The lowest BCUT2D eigenvalue weighted by Crippen LogP contribution is -2.46. The average molecular weight is 466 g/mol. The third kappa shape index (κ3) is 4.72. The minimum Gasteiger partial charge on any atom is -0.371 e. The number of Topliss-reactive ketones (excluding diaryl/α,β-unsaturated/α-hetero) is 1. The molecule has 2 saturated heterocycles. The molecule has 2 aromatic heterocycles. The number of rotatable bonds is 6. The van der Waals surface area contributed by atoms with Crippen molar-refractivity contribution in [3.05, 3.63) is 59.6 Å². The quantitative estimate of drug-likeness (QED) is 0.479. The highest BCUT2D eigenvalue weighted by Gasteiger charge is 2.48. The Morgan fingerprint density at radius 2 is 1.79 bits per heavy atom. The predicted molar refractivity (Wildman–Crippen MR) is 125 cm³/mol. The van der Waals surface area contributed by atoms with E-state index in [4.69, 9.17) is 9.47 Å². The van der Waals surface area contributed by atoms with Gasteiger partial charge < -0.3 is 25.4 Å². The molecular formula is C23H23N5O4S. The molecule has 2 aliphatic rings. The molecule has 0 unspecified atom stereocenters. The summed E-state index contributed by atoms with van der Waals surface area (Å²) in [6.45, 7) is 2.27. The van der Waals surface area contributed by atoms with Gasteiger partial charge in [-0.1, -0.05) is 6.07 Å². The molecule has 33 heavy (non-hydrogen) atoms. The number of nitrogens with one attached hydrogen (secondary N) is 3. The lowest BCUT2D eigenvalue weighted by atomic mass is 10.1. The van der Waals surface area contributed by atoms with Crippen LogP contribution in [0, 0.1) is 0 Å². The van der Waals surface area contributed by atoms with Crippen molar-refractivity contribution >= 4 is 34.8 Å². The molecule has 0 spiro atoms. The second-order valence-electron chi connectivity index (χ2n) is 7.93. The van der Waals surface area contributed by atoms with Crippen LogP contribution in [0.25, 0.3) is 10.6 Å². The Balaban J connectivity index is 1.17. The van der Waals surface area contributed by atoms with Gasteiger partial charge in [-0.2, -0.15) is 0 Å². The Morgan fingerprint density at radius 3 is 2.52 bits per heavy atom. The van der Waals surface area contributed by atoms with E-state index in [1.807, 2.05) is 23.6 Å². The van der Waals surface area contributed by atoms with E-state index < -0.39 is 0 Å². The fraction of sp³-hybridized carbons (Fsp3) is 0.304. The number of anilines is 2. The maximum atomic E-state index is 12.5. The molecule has 10 heteroatoms. The summed E-state index contributed by atoms with van der Waals surface area (Å²) in [6.07, 6.45) is 1.23.